The number of rotatable bonds is 4. The maximum atomic E-state index is 12.8. The molecule has 1 aliphatic carbocycles. The van der Waals surface area contributed by atoms with Gasteiger partial charge in [0.25, 0.3) is 0 Å². The molecule has 4 heteroatoms. The molecular weight excluding hydrogens is 312 g/mol. The molecule has 0 aromatic heterocycles. The first-order valence-corrected chi connectivity index (χ1v) is 9.83. The fraction of sp³-hybridized carbons (Fsp3) is 0.667. The number of carbonyl (C=O) groups is 1. The van der Waals surface area contributed by atoms with Gasteiger partial charge >= 0.3 is 0 Å². The van der Waals surface area contributed by atoms with Gasteiger partial charge in [0.2, 0.25) is 5.91 Å². The number of likely N-dealkylation sites (tertiary alicyclic amines) is 1. The van der Waals surface area contributed by atoms with E-state index in [0.717, 1.165) is 38.4 Å². The summed E-state index contributed by atoms with van der Waals surface area (Å²) in [6, 6.07) is 6.82. The topological polar surface area (TPSA) is 41.6 Å². The lowest BCUT2D eigenvalue weighted by Gasteiger charge is -2.29. The van der Waals surface area contributed by atoms with Crippen LogP contribution >= 0.6 is 0 Å². The Bertz CT molecular complexity index is 649. The molecule has 3 aliphatic rings. The van der Waals surface area contributed by atoms with Gasteiger partial charge in [-0.2, -0.15) is 0 Å². The first kappa shape index (κ1) is 16.9. The smallest absolute Gasteiger partial charge is 0.225 e. The van der Waals surface area contributed by atoms with Gasteiger partial charge in [0, 0.05) is 32.1 Å². The number of amides is 1. The number of carbonyl (C=O) groups excluding carboxylic acids is 1. The Kier molecular flexibility index (Phi) is 4.48. The molecule has 2 aliphatic heterocycles. The molecule has 1 saturated carbocycles. The second-order valence-corrected chi connectivity index (χ2v) is 8.50. The molecule has 25 heavy (non-hydrogen) atoms. The van der Waals surface area contributed by atoms with E-state index in [-0.39, 0.29) is 23.3 Å². The quantitative estimate of drug-likeness (QED) is 0.914. The average Bonchev–Trinajstić information content (AvgIpc) is 3.27. The van der Waals surface area contributed by atoms with Gasteiger partial charge in [-0.15, -0.1) is 0 Å². The highest BCUT2D eigenvalue weighted by Gasteiger charge is 2.50. The van der Waals surface area contributed by atoms with Crippen LogP contribution < -0.4 is 10.1 Å². The molecule has 2 heterocycles. The van der Waals surface area contributed by atoms with Crippen molar-refractivity contribution in [3.05, 3.63) is 29.3 Å². The minimum atomic E-state index is 0.148. The van der Waals surface area contributed by atoms with Crippen LogP contribution in [0.25, 0.3) is 0 Å². The summed E-state index contributed by atoms with van der Waals surface area (Å²) in [5, 5.41) is 3.17. The van der Waals surface area contributed by atoms with Crippen molar-refractivity contribution < 1.29 is 9.53 Å². The first-order valence-electron chi connectivity index (χ1n) is 9.83. The summed E-state index contributed by atoms with van der Waals surface area (Å²) in [6.45, 7) is 7.82. The SMILES string of the molecule is CC(C)NC(=O)C1CN(Cc2ccc3c(c2)CCO3)CC12CCCC2. The number of ether oxygens (including phenoxy) is 1. The summed E-state index contributed by atoms with van der Waals surface area (Å²) in [5.74, 6) is 1.46. The van der Waals surface area contributed by atoms with Crippen molar-refractivity contribution in [2.24, 2.45) is 11.3 Å². The Morgan fingerprint density at radius 1 is 1.36 bits per heavy atom. The molecule has 1 atom stereocenters. The maximum Gasteiger partial charge on any atom is 0.225 e. The molecule has 4 rings (SSSR count). The Morgan fingerprint density at radius 2 is 2.16 bits per heavy atom. The highest BCUT2D eigenvalue weighted by Crippen LogP contribution is 2.49. The van der Waals surface area contributed by atoms with Crippen LogP contribution in [0.4, 0.5) is 0 Å². The number of benzene rings is 1. The van der Waals surface area contributed by atoms with Crippen molar-refractivity contribution in [2.75, 3.05) is 19.7 Å². The molecule has 4 nitrogen and oxygen atoms in total. The van der Waals surface area contributed by atoms with Crippen LogP contribution in [0.15, 0.2) is 18.2 Å². The van der Waals surface area contributed by atoms with Crippen LogP contribution in [0, 0.1) is 11.3 Å². The monoisotopic (exact) mass is 342 g/mol. The van der Waals surface area contributed by atoms with Gasteiger partial charge in [-0.05, 0) is 49.3 Å². The molecule has 1 saturated heterocycles. The second-order valence-electron chi connectivity index (χ2n) is 8.50. The molecule has 2 fully saturated rings. The molecule has 1 aromatic rings. The number of nitrogens with zero attached hydrogens (tertiary/aromatic N) is 1. The number of hydrogen-bond donors (Lipinski definition) is 1. The molecule has 1 N–H and O–H groups in total. The van der Waals surface area contributed by atoms with Crippen LogP contribution in [0.1, 0.15) is 50.7 Å². The molecule has 1 spiro atoms. The molecule has 0 bridgehead atoms. The second kappa shape index (κ2) is 6.64. The minimum absolute atomic E-state index is 0.148. The largest absolute Gasteiger partial charge is 0.493 e. The number of hydrogen-bond acceptors (Lipinski definition) is 3. The summed E-state index contributed by atoms with van der Waals surface area (Å²) in [7, 11) is 0. The minimum Gasteiger partial charge on any atom is -0.493 e. The summed E-state index contributed by atoms with van der Waals surface area (Å²) in [6.07, 6.45) is 5.98. The van der Waals surface area contributed by atoms with Gasteiger partial charge in [-0.1, -0.05) is 25.0 Å². The summed E-state index contributed by atoms with van der Waals surface area (Å²) < 4.78 is 5.62. The highest BCUT2D eigenvalue weighted by molar-refractivity contribution is 5.80. The highest BCUT2D eigenvalue weighted by atomic mass is 16.5. The predicted molar refractivity (Wildman–Crippen MR) is 98.6 cm³/mol. The van der Waals surface area contributed by atoms with Gasteiger partial charge < -0.3 is 10.1 Å². The number of fused-ring (bicyclic) bond motifs is 1. The van der Waals surface area contributed by atoms with Gasteiger partial charge in [0.05, 0.1) is 12.5 Å². The standard InChI is InChI=1S/C21H30N2O2/c1-15(2)22-20(24)18-13-23(14-21(18)8-3-4-9-21)12-16-5-6-19-17(11-16)7-10-25-19/h5-6,11,15,18H,3-4,7-10,12-14H2,1-2H3,(H,22,24). The third kappa shape index (κ3) is 3.29. The first-order chi connectivity index (χ1) is 12.1. The zero-order chi connectivity index (χ0) is 17.4. The molecule has 136 valence electrons. The van der Waals surface area contributed by atoms with E-state index in [1.165, 1.54) is 36.8 Å². The van der Waals surface area contributed by atoms with Crippen molar-refractivity contribution in [1.82, 2.24) is 10.2 Å². The van der Waals surface area contributed by atoms with Gasteiger partial charge in [-0.25, -0.2) is 0 Å². The zero-order valence-corrected chi connectivity index (χ0v) is 15.5. The fourth-order valence-corrected chi connectivity index (χ4v) is 5.12. The van der Waals surface area contributed by atoms with E-state index in [2.05, 4.69) is 42.3 Å². The van der Waals surface area contributed by atoms with E-state index in [0.29, 0.717) is 0 Å². The molecular formula is C21H30N2O2. The number of nitrogens with one attached hydrogen (secondary N) is 1. The molecule has 0 radical (unpaired) electrons. The lowest BCUT2D eigenvalue weighted by Crippen LogP contribution is -2.42. The summed E-state index contributed by atoms with van der Waals surface area (Å²) in [5.41, 5.74) is 2.89. The lowest BCUT2D eigenvalue weighted by molar-refractivity contribution is -0.128. The Morgan fingerprint density at radius 3 is 2.92 bits per heavy atom. The van der Waals surface area contributed by atoms with Gasteiger partial charge in [-0.3, -0.25) is 9.69 Å². The van der Waals surface area contributed by atoms with E-state index in [4.69, 9.17) is 4.74 Å². The van der Waals surface area contributed by atoms with Crippen LogP contribution in [-0.2, 0) is 17.8 Å². The molecule has 1 aromatic carbocycles. The fourth-order valence-electron chi connectivity index (χ4n) is 5.12. The normalized spacial score (nSPS) is 24.7. The van der Waals surface area contributed by atoms with Crippen molar-refractivity contribution in [1.29, 1.82) is 0 Å². The third-order valence-electron chi connectivity index (χ3n) is 6.23. The Balaban J connectivity index is 1.49. The zero-order valence-electron chi connectivity index (χ0n) is 15.5. The molecule has 1 unspecified atom stereocenters. The van der Waals surface area contributed by atoms with Crippen LogP contribution in [0.3, 0.4) is 0 Å². The van der Waals surface area contributed by atoms with Gasteiger partial charge in [0.15, 0.2) is 0 Å². The predicted octanol–water partition coefficient (Wildman–Crippen LogP) is 3.14. The van der Waals surface area contributed by atoms with Crippen LogP contribution in [0.5, 0.6) is 5.75 Å². The summed E-state index contributed by atoms with van der Waals surface area (Å²) in [4.78, 5) is 15.3. The van der Waals surface area contributed by atoms with Gasteiger partial charge in [0.1, 0.15) is 5.75 Å². The van der Waals surface area contributed by atoms with E-state index < -0.39 is 0 Å². The van der Waals surface area contributed by atoms with Crippen molar-refractivity contribution >= 4 is 5.91 Å². The van der Waals surface area contributed by atoms with Crippen LogP contribution in [-0.4, -0.2) is 36.5 Å². The van der Waals surface area contributed by atoms with E-state index >= 15 is 0 Å². The Labute approximate surface area is 150 Å². The summed E-state index contributed by atoms with van der Waals surface area (Å²) >= 11 is 0. The van der Waals surface area contributed by atoms with E-state index in [1.807, 2.05) is 0 Å². The van der Waals surface area contributed by atoms with Crippen molar-refractivity contribution in [2.45, 2.75) is 58.5 Å². The van der Waals surface area contributed by atoms with Crippen molar-refractivity contribution in [3.63, 3.8) is 0 Å². The maximum absolute atomic E-state index is 12.8. The lowest BCUT2D eigenvalue weighted by atomic mass is 9.76. The van der Waals surface area contributed by atoms with E-state index in [9.17, 15) is 4.79 Å². The van der Waals surface area contributed by atoms with E-state index in [1.54, 1.807) is 0 Å². The van der Waals surface area contributed by atoms with Crippen LogP contribution in [0.2, 0.25) is 0 Å². The molecule has 1 amide bonds. The third-order valence-corrected chi connectivity index (χ3v) is 6.23. The average molecular weight is 342 g/mol. The Hall–Kier alpha value is -1.55. The van der Waals surface area contributed by atoms with Crippen molar-refractivity contribution in [3.8, 4) is 5.75 Å².